The van der Waals surface area contributed by atoms with Crippen LogP contribution in [0.15, 0.2) is 60.7 Å². The van der Waals surface area contributed by atoms with E-state index in [0.29, 0.717) is 41.4 Å². The lowest BCUT2D eigenvalue weighted by Crippen LogP contribution is -2.08. The highest BCUT2D eigenvalue weighted by Gasteiger charge is 2.28. The van der Waals surface area contributed by atoms with Crippen molar-refractivity contribution in [2.45, 2.75) is 38.2 Å². The summed E-state index contributed by atoms with van der Waals surface area (Å²) in [7, 11) is 1.56. The maximum absolute atomic E-state index is 14.8. The number of halogens is 3. The quantitative estimate of drug-likeness (QED) is 0.335. The fourth-order valence-electron chi connectivity index (χ4n) is 4.76. The van der Waals surface area contributed by atoms with Crippen LogP contribution in [0.5, 0.6) is 5.75 Å². The molecule has 1 aliphatic heterocycles. The number of hydrogen-bond donors (Lipinski definition) is 0. The highest BCUT2D eigenvalue weighted by atomic mass is 19.2. The first-order chi connectivity index (χ1) is 16.5. The third kappa shape index (κ3) is 4.76. The largest absolute Gasteiger partial charge is 0.497 e. The Morgan fingerprint density at radius 3 is 2.35 bits per heavy atom. The molecule has 1 heterocycles. The van der Waals surface area contributed by atoms with Crippen molar-refractivity contribution in [3.8, 4) is 16.9 Å². The minimum atomic E-state index is -0.810. The normalized spacial score (nSPS) is 19.6. The minimum absolute atomic E-state index is 0.0886. The van der Waals surface area contributed by atoms with Crippen LogP contribution in [0.1, 0.15) is 48.5 Å². The van der Waals surface area contributed by atoms with Gasteiger partial charge in [-0.15, -0.1) is 0 Å². The van der Waals surface area contributed by atoms with Crippen molar-refractivity contribution >= 4 is 5.57 Å². The summed E-state index contributed by atoms with van der Waals surface area (Å²) in [4.78, 5) is 0. The number of aryl methyl sites for hydroxylation is 1. The van der Waals surface area contributed by atoms with Gasteiger partial charge in [-0.1, -0.05) is 42.5 Å². The summed E-state index contributed by atoms with van der Waals surface area (Å²) in [5, 5.41) is 0. The SMILES string of the molecule is COc1ccc(-c2ccc(CCC3CC=C(c4ccc(C5CO5)c(F)c4)CC3)c(F)c2F)cc1. The summed E-state index contributed by atoms with van der Waals surface area (Å²) in [6.07, 6.45) is 6.03. The van der Waals surface area contributed by atoms with E-state index < -0.39 is 11.6 Å². The van der Waals surface area contributed by atoms with E-state index in [-0.39, 0.29) is 17.5 Å². The highest BCUT2D eigenvalue weighted by molar-refractivity contribution is 5.67. The van der Waals surface area contributed by atoms with Crippen LogP contribution in [0.25, 0.3) is 16.7 Å². The predicted molar refractivity (Wildman–Crippen MR) is 127 cm³/mol. The average molecular weight is 465 g/mol. The Labute approximate surface area is 198 Å². The molecule has 1 saturated heterocycles. The van der Waals surface area contributed by atoms with Gasteiger partial charge >= 0.3 is 0 Å². The molecular weight excluding hydrogens is 437 g/mol. The Morgan fingerprint density at radius 1 is 0.941 bits per heavy atom. The lowest BCUT2D eigenvalue weighted by molar-refractivity contribution is 0.408. The van der Waals surface area contributed by atoms with Gasteiger partial charge in [0.1, 0.15) is 17.7 Å². The van der Waals surface area contributed by atoms with Gasteiger partial charge in [0, 0.05) is 11.1 Å². The summed E-state index contributed by atoms with van der Waals surface area (Å²) in [5.41, 5.74) is 3.97. The molecule has 3 aromatic carbocycles. The number of hydrogen-bond acceptors (Lipinski definition) is 2. The van der Waals surface area contributed by atoms with Gasteiger partial charge in [-0.2, -0.15) is 0 Å². The van der Waals surface area contributed by atoms with E-state index in [9.17, 15) is 13.2 Å². The van der Waals surface area contributed by atoms with E-state index in [0.717, 1.165) is 36.8 Å². The van der Waals surface area contributed by atoms with Gasteiger partial charge in [0.2, 0.25) is 0 Å². The first-order valence-electron chi connectivity index (χ1n) is 11.7. The van der Waals surface area contributed by atoms with Crippen molar-refractivity contribution in [2.24, 2.45) is 5.92 Å². The lowest BCUT2D eigenvalue weighted by Gasteiger charge is -2.22. The molecule has 1 fully saturated rings. The minimum Gasteiger partial charge on any atom is -0.497 e. The van der Waals surface area contributed by atoms with Gasteiger partial charge in [-0.05, 0) is 78.5 Å². The van der Waals surface area contributed by atoms with Gasteiger partial charge < -0.3 is 9.47 Å². The van der Waals surface area contributed by atoms with Crippen LogP contribution in [0.2, 0.25) is 0 Å². The summed E-state index contributed by atoms with van der Waals surface area (Å²) < 4.78 is 54.3. The molecule has 0 spiro atoms. The monoisotopic (exact) mass is 464 g/mol. The predicted octanol–water partition coefficient (Wildman–Crippen LogP) is 7.67. The van der Waals surface area contributed by atoms with Crippen LogP contribution in [-0.4, -0.2) is 13.7 Å². The van der Waals surface area contributed by atoms with Crippen LogP contribution in [-0.2, 0) is 11.2 Å². The molecule has 5 rings (SSSR count). The zero-order chi connectivity index (χ0) is 23.7. The zero-order valence-corrected chi connectivity index (χ0v) is 19.1. The number of methoxy groups -OCH3 is 1. The molecule has 176 valence electrons. The van der Waals surface area contributed by atoms with E-state index >= 15 is 0 Å². The Morgan fingerprint density at radius 2 is 1.71 bits per heavy atom. The van der Waals surface area contributed by atoms with Gasteiger partial charge in [-0.3, -0.25) is 0 Å². The third-order valence-electron chi connectivity index (χ3n) is 6.96. The molecule has 0 N–H and O–H groups in total. The topological polar surface area (TPSA) is 21.8 Å². The molecule has 0 radical (unpaired) electrons. The third-order valence-corrected chi connectivity index (χ3v) is 6.96. The van der Waals surface area contributed by atoms with Gasteiger partial charge in [0.25, 0.3) is 0 Å². The molecule has 0 amide bonds. The number of epoxide rings is 1. The number of allylic oxidation sites excluding steroid dienone is 2. The lowest BCUT2D eigenvalue weighted by atomic mass is 9.83. The Bertz CT molecular complexity index is 1210. The Balaban J connectivity index is 1.21. The second kappa shape index (κ2) is 9.67. The van der Waals surface area contributed by atoms with Crippen LogP contribution < -0.4 is 4.74 Å². The molecule has 2 atom stereocenters. The fraction of sp³-hybridized carbons (Fsp3) is 0.310. The summed E-state index contributed by atoms with van der Waals surface area (Å²) in [5.74, 6) is -0.720. The van der Waals surface area contributed by atoms with Crippen molar-refractivity contribution in [3.05, 3.63) is 94.8 Å². The van der Waals surface area contributed by atoms with Gasteiger partial charge in [0.15, 0.2) is 11.6 Å². The van der Waals surface area contributed by atoms with E-state index in [1.807, 2.05) is 12.1 Å². The molecule has 2 aliphatic rings. The highest BCUT2D eigenvalue weighted by Crippen LogP contribution is 2.36. The molecule has 2 unspecified atom stereocenters. The molecule has 3 aromatic rings. The van der Waals surface area contributed by atoms with Crippen molar-refractivity contribution in [1.82, 2.24) is 0 Å². The molecule has 34 heavy (non-hydrogen) atoms. The van der Waals surface area contributed by atoms with Crippen LogP contribution >= 0.6 is 0 Å². The maximum Gasteiger partial charge on any atom is 0.166 e. The smallest absolute Gasteiger partial charge is 0.166 e. The van der Waals surface area contributed by atoms with Crippen molar-refractivity contribution in [2.75, 3.05) is 13.7 Å². The Hall–Kier alpha value is -3.05. The summed E-state index contributed by atoms with van der Waals surface area (Å²) >= 11 is 0. The molecule has 2 nitrogen and oxygen atoms in total. The van der Waals surface area contributed by atoms with Crippen LogP contribution in [0.3, 0.4) is 0 Å². The molecule has 0 aromatic heterocycles. The van der Waals surface area contributed by atoms with Gasteiger partial charge in [-0.25, -0.2) is 13.2 Å². The van der Waals surface area contributed by atoms with E-state index in [1.165, 1.54) is 0 Å². The van der Waals surface area contributed by atoms with Gasteiger partial charge in [0.05, 0.1) is 13.7 Å². The van der Waals surface area contributed by atoms with Crippen molar-refractivity contribution < 1.29 is 22.6 Å². The second-order valence-corrected chi connectivity index (χ2v) is 9.10. The van der Waals surface area contributed by atoms with Crippen LogP contribution in [0.4, 0.5) is 13.2 Å². The fourth-order valence-corrected chi connectivity index (χ4v) is 4.76. The van der Waals surface area contributed by atoms with E-state index in [2.05, 4.69) is 6.08 Å². The molecule has 5 heteroatoms. The molecule has 1 aliphatic carbocycles. The van der Waals surface area contributed by atoms with Crippen molar-refractivity contribution in [1.29, 1.82) is 0 Å². The first-order valence-corrected chi connectivity index (χ1v) is 11.7. The Kier molecular flexibility index (Phi) is 6.46. The average Bonchev–Trinajstić information content (AvgIpc) is 3.71. The van der Waals surface area contributed by atoms with E-state index in [1.54, 1.807) is 49.6 Å². The summed E-state index contributed by atoms with van der Waals surface area (Å²) in [6, 6.07) is 15.6. The number of benzene rings is 3. The van der Waals surface area contributed by atoms with Crippen LogP contribution in [0, 0.1) is 23.4 Å². The second-order valence-electron chi connectivity index (χ2n) is 9.10. The molecule has 0 saturated carbocycles. The molecule has 0 bridgehead atoms. The molecular formula is C29H27F3O2. The van der Waals surface area contributed by atoms with E-state index in [4.69, 9.17) is 9.47 Å². The first kappa shape index (κ1) is 22.7. The number of ether oxygens (including phenoxy) is 2. The zero-order valence-electron chi connectivity index (χ0n) is 19.1. The number of rotatable bonds is 7. The van der Waals surface area contributed by atoms with Crippen molar-refractivity contribution in [3.63, 3.8) is 0 Å². The standard InChI is InChI=1S/C29H27F3O2/c1-33-23-12-8-20(9-13-23)24-14-10-21(28(31)29(24)32)7-4-18-2-5-19(6-3-18)22-11-15-25(26(30)16-22)27-17-34-27/h5,8-16,18,27H,2-4,6-7,17H2,1H3. The maximum atomic E-state index is 14.8. The summed E-state index contributed by atoms with van der Waals surface area (Å²) in [6.45, 7) is 0.593.